The summed E-state index contributed by atoms with van der Waals surface area (Å²) < 4.78 is 7.68. The van der Waals surface area contributed by atoms with Crippen LogP contribution < -0.4 is 5.56 Å². The molecule has 1 aliphatic heterocycles. The maximum absolute atomic E-state index is 11.5. The quantitative estimate of drug-likeness (QED) is 0.912. The Morgan fingerprint density at radius 2 is 2.29 bits per heavy atom. The van der Waals surface area contributed by atoms with Crippen molar-refractivity contribution in [2.75, 3.05) is 0 Å². The molecule has 1 N–H and O–H groups in total. The van der Waals surface area contributed by atoms with Crippen LogP contribution in [-0.4, -0.2) is 27.9 Å². The van der Waals surface area contributed by atoms with Crippen LogP contribution in [-0.2, 0) is 16.1 Å². The van der Waals surface area contributed by atoms with Gasteiger partial charge in [0.2, 0.25) is 0 Å². The van der Waals surface area contributed by atoms with Crippen molar-refractivity contribution in [1.82, 2.24) is 4.57 Å². The van der Waals surface area contributed by atoms with E-state index in [1.165, 1.54) is 10.6 Å². The summed E-state index contributed by atoms with van der Waals surface area (Å²) in [6, 6.07) is 3.14. The van der Waals surface area contributed by atoms with E-state index in [0.29, 0.717) is 19.4 Å². The van der Waals surface area contributed by atoms with Crippen molar-refractivity contribution in [1.29, 1.82) is 0 Å². The number of carboxylic acid groups (broad SMARTS) is 1. The van der Waals surface area contributed by atoms with Gasteiger partial charge in [-0.15, -0.1) is 0 Å². The van der Waals surface area contributed by atoms with Crippen molar-refractivity contribution in [2.24, 2.45) is 0 Å². The first-order valence-electron chi connectivity index (χ1n) is 5.30. The molecule has 0 aliphatic carbocycles. The first-order chi connectivity index (χ1) is 8.06. The lowest BCUT2D eigenvalue weighted by atomic mass is 10.2. The number of pyridine rings is 1. The van der Waals surface area contributed by atoms with Crippen molar-refractivity contribution in [3.63, 3.8) is 0 Å². The Morgan fingerprint density at radius 3 is 2.94 bits per heavy atom. The van der Waals surface area contributed by atoms with Gasteiger partial charge in [-0.2, -0.15) is 0 Å². The molecule has 17 heavy (non-hydrogen) atoms. The van der Waals surface area contributed by atoms with Crippen molar-refractivity contribution in [3.05, 3.63) is 33.2 Å². The molecule has 1 aromatic rings. The first-order valence-corrected chi connectivity index (χ1v) is 6.10. The molecule has 0 spiro atoms. The molecule has 1 aliphatic rings. The summed E-state index contributed by atoms with van der Waals surface area (Å²) in [6.07, 6.45) is 1.91. The second-order valence-corrected chi connectivity index (χ2v) is 4.92. The molecule has 2 rings (SSSR count). The third-order valence-corrected chi connectivity index (χ3v) is 3.20. The SMILES string of the molecule is O=C(O)C1CCC(Cn2cc(Br)ccc2=O)O1. The minimum atomic E-state index is -0.936. The van der Waals surface area contributed by atoms with E-state index in [2.05, 4.69) is 15.9 Å². The number of carbonyl (C=O) groups is 1. The average molecular weight is 302 g/mol. The minimum Gasteiger partial charge on any atom is -0.479 e. The Bertz CT molecular complexity index is 485. The van der Waals surface area contributed by atoms with Crippen LogP contribution in [0.15, 0.2) is 27.6 Å². The Balaban J connectivity index is 2.05. The minimum absolute atomic E-state index is 0.115. The molecule has 1 fully saturated rings. The Hall–Kier alpha value is -1.14. The zero-order chi connectivity index (χ0) is 12.4. The molecular weight excluding hydrogens is 290 g/mol. The highest BCUT2D eigenvalue weighted by molar-refractivity contribution is 9.10. The van der Waals surface area contributed by atoms with Crippen LogP contribution in [0.5, 0.6) is 0 Å². The topological polar surface area (TPSA) is 68.5 Å². The van der Waals surface area contributed by atoms with Gasteiger partial charge in [0.1, 0.15) is 0 Å². The standard InChI is InChI=1S/C11H12BrNO4/c12-7-1-4-10(14)13(5-7)6-8-2-3-9(17-8)11(15)16/h1,4-5,8-9H,2-3,6H2,(H,15,16). The third kappa shape index (κ3) is 2.95. The highest BCUT2D eigenvalue weighted by atomic mass is 79.9. The van der Waals surface area contributed by atoms with Crippen LogP contribution in [0.3, 0.4) is 0 Å². The first kappa shape index (κ1) is 12.3. The van der Waals surface area contributed by atoms with Gasteiger partial charge in [-0.3, -0.25) is 4.79 Å². The zero-order valence-electron chi connectivity index (χ0n) is 9.01. The maximum Gasteiger partial charge on any atom is 0.332 e. The van der Waals surface area contributed by atoms with Crippen molar-refractivity contribution >= 4 is 21.9 Å². The molecule has 0 amide bonds. The Kier molecular flexibility index (Phi) is 3.63. The molecule has 6 heteroatoms. The van der Waals surface area contributed by atoms with Crippen LogP contribution >= 0.6 is 15.9 Å². The molecule has 0 saturated carbocycles. The summed E-state index contributed by atoms with van der Waals surface area (Å²) in [7, 11) is 0. The van der Waals surface area contributed by atoms with Gasteiger partial charge in [0.25, 0.3) is 5.56 Å². The summed E-state index contributed by atoms with van der Waals surface area (Å²) in [5, 5.41) is 8.79. The van der Waals surface area contributed by atoms with Gasteiger partial charge in [0.05, 0.1) is 12.6 Å². The van der Waals surface area contributed by atoms with E-state index in [0.717, 1.165) is 4.47 Å². The second kappa shape index (κ2) is 5.01. The lowest BCUT2D eigenvalue weighted by molar-refractivity contribution is -0.149. The molecule has 0 radical (unpaired) electrons. The summed E-state index contributed by atoms with van der Waals surface area (Å²) in [5.74, 6) is -0.936. The highest BCUT2D eigenvalue weighted by Crippen LogP contribution is 2.21. The van der Waals surface area contributed by atoms with Gasteiger partial charge in [0, 0.05) is 16.7 Å². The van der Waals surface area contributed by atoms with E-state index >= 15 is 0 Å². The molecule has 0 aromatic carbocycles. The Labute approximate surface area is 106 Å². The molecule has 2 unspecified atom stereocenters. The number of halogens is 1. The fourth-order valence-electron chi connectivity index (χ4n) is 1.89. The zero-order valence-corrected chi connectivity index (χ0v) is 10.6. The largest absolute Gasteiger partial charge is 0.479 e. The summed E-state index contributed by atoms with van der Waals surface area (Å²) in [5.41, 5.74) is -0.115. The van der Waals surface area contributed by atoms with Crippen LogP contribution in [0.4, 0.5) is 0 Å². The van der Waals surface area contributed by atoms with Crippen molar-refractivity contribution in [3.8, 4) is 0 Å². The van der Waals surface area contributed by atoms with Crippen molar-refractivity contribution in [2.45, 2.75) is 31.6 Å². The number of aromatic nitrogens is 1. The number of ether oxygens (including phenoxy) is 1. The molecular formula is C11H12BrNO4. The molecule has 1 saturated heterocycles. The Morgan fingerprint density at radius 1 is 1.53 bits per heavy atom. The number of rotatable bonds is 3. The van der Waals surface area contributed by atoms with E-state index in [4.69, 9.17) is 9.84 Å². The predicted molar refractivity (Wildman–Crippen MR) is 63.9 cm³/mol. The predicted octanol–water partition coefficient (Wildman–Crippen LogP) is 1.24. The fraction of sp³-hybridized carbons (Fsp3) is 0.455. The number of carboxylic acids is 1. The van der Waals surface area contributed by atoms with E-state index in [1.807, 2.05) is 0 Å². The smallest absolute Gasteiger partial charge is 0.332 e. The summed E-state index contributed by atoms with van der Waals surface area (Å²) in [6.45, 7) is 0.391. The molecule has 0 bridgehead atoms. The van der Waals surface area contributed by atoms with Crippen LogP contribution in [0.25, 0.3) is 0 Å². The number of nitrogens with zero attached hydrogens (tertiary/aromatic N) is 1. The maximum atomic E-state index is 11.5. The van der Waals surface area contributed by atoms with Gasteiger partial charge in [-0.1, -0.05) is 0 Å². The average Bonchev–Trinajstić information content (AvgIpc) is 2.72. The summed E-state index contributed by atoms with van der Waals surface area (Å²) >= 11 is 3.29. The van der Waals surface area contributed by atoms with Gasteiger partial charge in [0.15, 0.2) is 6.10 Å². The molecule has 2 heterocycles. The lowest BCUT2D eigenvalue weighted by Crippen LogP contribution is -2.27. The van der Waals surface area contributed by atoms with E-state index in [-0.39, 0.29) is 11.7 Å². The molecule has 1 aromatic heterocycles. The lowest BCUT2D eigenvalue weighted by Gasteiger charge is -2.13. The number of hydrogen-bond acceptors (Lipinski definition) is 3. The van der Waals surface area contributed by atoms with Gasteiger partial charge < -0.3 is 14.4 Å². The highest BCUT2D eigenvalue weighted by Gasteiger charge is 2.30. The van der Waals surface area contributed by atoms with Crippen LogP contribution in [0, 0.1) is 0 Å². The van der Waals surface area contributed by atoms with E-state index < -0.39 is 12.1 Å². The van der Waals surface area contributed by atoms with E-state index in [9.17, 15) is 9.59 Å². The third-order valence-electron chi connectivity index (χ3n) is 2.73. The number of hydrogen-bond donors (Lipinski definition) is 1. The van der Waals surface area contributed by atoms with Gasteiger partial charge in [-0.25, -0.2) is 4.79 Å². The van der Waals surface area contributed by atoms with Gasteiger partial charge in [-0.05, 0) is 34.8 Å². The van der Waals surface area contributed by atoms with Gasteiger partial charge >= 0.3 is 5.97 Å². The number of aliphatic carboxylic acids is 1. The van der Waals surface area contributed by atoms with Crippen LogP contribution in [0.1, 0.15) is 12.8 Å². The molecule has 92 valence electrons. The monoisotopic (exact) mass is 301 g/mol. The molecule has 2 atom stereocenters. The summed E-state index contributed by atoms with van der Waals surface area (Å²) in [4.78, 5) is 22.3. The fourth-order valence-corrected chi connectivity index (χ4v) is 2.27. The van der Waals surface area contributed by atoms with Crippen molar-refractivity contribution < 1.29 is 14.6 Å². The second-order valence-electron chi connectivity index (χ2n) is 4.00. The van der Waals surface area contributed by atoms with E-state index in [1.54, 1.807) is 12.3 Å². The molecule has 5 nitrogen and oxygen atoms in total. The normalized spacial score (nSPS) is 23.8. The van der Waals surface area contributed by atoms with Crippen LogP contribution in [0.2, 0.25) is 0 Å².